The molecule has 0 aromatic rings. The Morgan fingerprint density at radius 1 is 1.24 bits per heavy atom. The molecule has 1 unspecified atom stereocenters. The molecular formula is C21H41IN4O3. The largest absolute Gasteiger partial charge is 0.444 e. The Balaban J connectivity index is 0.00000420. The van der Waals surface area contributed by atoms with E-state index in [1.165, 1.54) is 19.3 Å². The summed E-state index contributed by atoms with van der Waals surface area (Å²) in [5.74, 6) is 1.25. The van der Waals surface area contributed by atoms with E-state index in [2.05, 4.69) is 15.6 Å². The van der Waals surface area contributed by atoms with E-state index in [-0.39, 0.29) is 30.1 Å². The molecule has 1 aliphatic carbocycles. The molecule has 2 N–H and O–H groups in total. The molecule has 1 amide bonds. The first-order valence-electron chi connectivity index (χ1n) is 10.7. The first kappa shape index (κ1) is 26.3. The fraction of sp³-hybridized carbons (Fsp3) is 0.905. The Hall–Kier alpha value is -0.770. The van der Waals surface area contributed by atoms with Crippen molar-refractivity contribution in [2.45, 2.75) is 64.9 Å². The summed E-state index contributed by atoms with van der Waals surface area (Å²) in [5.41, 5.74) is -0.0967. The predicted molar refractivity (Wildman–Crippen MR) is 128 cm³/mol. The number of carbonyl (C=O) groups is 1. The highest BCUT2D eigenvalue weighted by Crippen LogP contribution is 2.43. The highest BCUT2D eigenvalue weighted by molar-refractivity contribution is 14.0. The van der Waals surface area contributed by atoms with Crippen molar-refractivity contribution < 1.29 is 14.3 Å². The highest BCUT2D eigenvalue weighted by Gasteiger charge is 2.36. The minimum absolute atomic E-state index is 0. The lowest BCUT2D eigenvalue weighted by Crippen LogP contribution is -2.49. The van der Waals surface area contributed by atoms with Gasteiger partial charge in [-0.25, -0.2) is 4.79 Å². The molecule has 2 rings (SSSR count). The standard InChI is InChI=1S/C21H40N4O3.HI/c1-20(2,3)28-19(26)25-12-6-8-17(15-25)14-23-18(22-4)24-16-21(9-7-10-21)11-13-27-5;/h17H,6-16H2,1-5H3,(H2,22,23,24);1H. The number of guanidine groups is 1. The minimum Gasteiger partial charge on any atom is -0.444 e. The SMILES string of the molecule is CN=C(NCC1CCCN(C(=O)OC(C)(C)C)C1)NCC1(CCOC)CCC1.I. The molecular weight excluding hydrogens is 483 g/mol. The van der Waals surface area contributed by atoms with Crippen LogP contribution in [0.25, 0.3) is 0 Å². The van der Waals surface area contributed by atoms with E-state index >= 15 is 0 Å². The molecule has 2 aliphatic rings. The third-order valence-electron chi connectivity index (χ3n) is 5.83. The quantitative estimate of drug-likeness (QED) is 0.302. The number of nitrogens with zero attached hydrogens (tertiary/aromatic N) is 2. The number of aliphatic imine (C=N–C) groups is 1. The number of likely N-dealkylation sites (tertiary alicyclic amines) is 1. The van der Waals surface area contributed by atoms with Gasteiger partial charge in [-0.15, -0.1) is 24.0 Å². The highest BCUT2D eigenvalue weighted by atomic mass is 127. The Morgan fingerprint density at radius 2 is 1.97 bits per heavy atom. The Morgan fingerprint density at radius 3 is 2.52 bits per heavy atom. The summed E-state index contributed by atoms with van der Waals surface area (Å²) in [4.78, 5) is 18.5. The third kappa shape index (κ3) is 8.86. The van der Waals surface area contributed by atoms with Crippen molar-refractivity contribution in [1.29, 1.82) is 0 Å². The second-order valence-corrected chi connectivity index (χ2v) is 9.34. The Kier molecular flexibility index (Phi) is 11.0. The molecule has 0 aromatic carbocycles. The molecule has 29 heavy (non-hydrogen) atoms. The summed E-state index contributed by atoms with van der Waals surface area (Å²) in [6.45, 7) is 9.79. The van der Waals surface area contributed by atoms with Crippen LogP contribution in [0.5, 0.6) is 0 Å². The first-order chi connectivity index (χ1) is 13.3. The molecule has 7 nitrogen and oxygen atoms in total. The van der Waals surface area contributed by atoms with E-state index in [1.54, 1.807) is 7.11 Å². The van der Waals surface area contributed by atoms with Crippen LogP contribution in [0.2, 0.25) is 0 Å². The zero-order chi connectivity index (χ0) is 20.6. The fourth-order valence-corrected chi connectivity index (χ4v) is 3.97. The second kappa shape index (κ2) is 12.2. The van der Waals surface area contributed by atoms with Crippen LogP contribution in [0.4, 0.5) is 4.79 Å². The first-order valence-corrected chi connectivity index (χ1v) is 10.7. The molecule has 0 bridgehead atoms. The lowest BCUT2D eigenvalue weighted by Gasteiger charge is -2.42. The number of hydrogen-bond donors (Lipinski definition) is 2. The van der Waals surface area contributed by atoms with E-state index in [9.17, 15) is 4.79 Å². The van der Waals surface area contributed by atoms with Gasteiger partial charge in [0.25, 0.3) is 0 Å². The summed E-state index contributed by atoms with van der Waals surface area (Å²) in [7, 11) is 3.58. The zero-order valence-electron chi connectivity index (χ0n) is 18.9. The summed E-state index contributed by atoms with van der Waals surface area (Å²) >= 11 is 0. The van der Waals surface area contributed by atoms with Crippen LogP contribution in [0.1, 0.15) is 59.3 Å². The molecule has 1 aliphatic heterocycles. The van der Waals surface area contributed by atoms with Gasteiger partial charge < -0.3 is 25.0 Å². The average Bonchev–Trinajstić information content (AvgIpc) is 2.61. The van der Waals surface area contributed by atoms with E-state index in [0.29, 0.717) is 11.3 Å². The molecule has 0 spiro atoms. The maximum Gasteiger partial charge on any atom is 0.410 e. The minimum atomic E-state index is -0.450. The molecule has 0 radical (unpaired) electrons. The van der Waals surface area contributed by atoms with Gasteiger partial charge in [-0.3, -0.25) is 4.99 Å². The van der Waals surface area contributed by atoms with Gasteiger partial charge in [0.15, 0.2) is 5.96 Å². The topological polar surface area (TPSA) is 75.2 Å². The van der Waals surface area contributed by atoms with Crippen molar-refractivity contribution in [2.24, 2.45) is 16.3 Å². The summed E-state index contributed by atoms with van der Waals surface area (Å²) in [6.07, 6.45) is 6.84. The molecule has 8 heteroatoms. The van der Waals surface area contributed by atoms with Gasteiger partial charge in [0.2, 0.25) is 0 Å². The Labute approximate surface area is 193 Å². The number of rotatable bonds is 7. The number of ether oxygens (including phenoxy) is 2. The monoisotopic (exact) mass is 524 g/mol. The van der Waals surface area contributed by atoms with Gasteiger partial charge >= 0.3 is 6.09 Å². The number of carbonyl (C=O) groups excluding carboxylic acids is 1. The predicted octanol–water partition coefficient (Wildman–Crippen LogP) is 3.62. The molecule has 1 heterocycles. The smallest absolute Gasteiger partial charge is 0.410 e. The number of hydrogen-bond acceptors (Lipinski definition) is 4. The maximum absolute atomic E-state index is 12.3. The van der Waals surface area contributed by atoms with E-state index in [1.807, 2.05) is 32.7 Å². The van der Waals surface area contributed by atoms with Gasteiger partial charge in [-0.05, 0) is 64.2 Å². The van der Waals surface area contributed by atoms with Crippen molar-refractivity contribution in [3.05, 3.63) is 0 Å². The molecule has 1 atom stereocenters. The summed E-state index contributed by atoms with van der Waals surface area (Å²) in [6, 6.07) is 0. The van der Waals surface area contributed by atoms with Crippen LogP contribution in [-0.4, -0.2) is 69.5 Å². The van der Waals surface area contributed by atoms with Crippen molar-refractivity contribution in [3.63, 3.8) is 0 Å². The number of nitrogens with one attached hydrogen (secondary N) is 2. The Bertz CT molecular complexity index is 533. The molecule has 1 saturated carbocycles. The lowest BCUT2D eigenvalue weighted by atomic mass is 9.67. The van der Waals surface area contributed by atoms with Crippen LogP contribution in [0.15, 0.2) is 4.99 Å². The van der Waals surface area contributed by atoms with Gasteiger partial charge in [0.05, 0.1) is 0 Å². The molecule has 0 aromatic heterocycles. The summed E-state index contributed by atoms with van der Waals surface area (Å²) < 4.78 is 10.8. The molecule has 1 saturated heterocycles. The number of methoxy groups -OCH3 is 1. The lowest BCUT2D eigenvalue weighted by molar-refractivity contribution is 0.0168. The van der Waals surface area contributed by atoms with Crippen LogP contribution >= 0.6 is 24.0 Å². The van der Waals surface area contributed by atoms with Crippen LogP contribution in [-0.2, 0) is 9.47 Å². The van der Waals surface area contributed by atoms with Crippen LogP contribution in [0.3, 0.4) is 0 Å². The van der Waals surface area contributed by atoms with E-state index in [4.69, 9.17) is 9.47 Å². The second-order valence-electron chi connectivity index (χ2n) is 9.34. The van der Waals surface area contributed by atoms with Gasteiger partial charge in [-0.1, -0.05) is 6.42 Å². The zero-order valence-corrected chi connectivity index (χ0v) is 21.2. The van der Waals surface area contributed by atoms with Gasteiger partial charge in [0.1, 0.15) is 5.60 Å². The summed E-state index contributed by atoms with van der Waals surface area (Å²) in [5, 5.41) is 6.96. The van der Waals surface area contributed by atoms with Crippen molar-refractivity contribution >= 4 is 36.0 Å². The van der Waals surface area contributed by atoms with Crippen LogP contribution < -0.4 is 10.6 Å². The van der Waals surface area contributed by atoms with Crippen molar-refractivity contribution in [1.82, 2.24) is 15.5 Å². The van der Waals surface area contributed by atoms with Crippen LogP contribution in [0, 0.1) is 11.3 Å². The number of halogens is 1. The maximum atomic E-state index is 12.3. The van der Waals surface area contributed by atoms with E-state index < -0.39 is 5.60 Å². The van der Waals surface area contributed by atoms with Gasteiger partial charge in [-0.2, -0.15) is 0 Å². The van der Waals surface area contributed by atoms with Crippen molar-refractivity contribution in [3.8, 4) is 0 Å². The number of amides is 1. The van der Waals surface area contributed by atoms with Crippen molar-refractivity contribution in [2.75, 3.05) is 46.9 Å². The number of piperidine rings is 1. The normalized spacial score (nSPS) is 21.6. The van der Waals surface area contributed by atoms with Gasteiger partial charge in [0, 0.05) is 46.9 Å². The molecule has 2 fully saturated rings. The molecule has 170 valence electrons. The fourth-order valence-electron chi connectivity index (χ4n) is 3.97. The van der Waals surface area contributed by atoms with E-state index in [0.717, 1.165) is 58.0 Å². The average molecular weight is 524 g/mol. The third-order valence-corrected chi connectivity index (χ3v) is 5.83.